The van der Waals surface area contributed by atoms with Gasteiger partial charge in [-0.25, -0.2) is 8.78 Å². The highest BCUT2D eigenvalue weighted by Gasteiger charge is 2.54. The summed E-state index contributed by atoms with van der Waals surface area (Å²) in [6, 6.07) is 9.37. The number of nitrogens with two attached hydrogens (primary N) is 1. The third kappa shape index (κ3) is 2.37. The van der Waals surface area contributed by atoms with Crippen molar-refractivity contribution in [1.82, 2.24) is 0 Å². The molecule has 0 bridgehead atoms. The monoisotopic (exact) mass is 350 g/mol. The second kappa shape index (κ2) is 6.28. The van der Waals surface area contributed by atoms with Crippen molar-refractivity contribution in [3.8, 4) is 18.2 Å². The van der Waals surface area contributed by atoms with E-state index in [1.54, 1.807) is 0 Å². The lowest BCUT2D eigenvalue weighted by Crippen LogP contribution is -2.43. The fourth-order valence-electron chi connectivity index (χ4n) is 4.16. The zero-order valence-corrected chi connectivity index (χ0v) is 14.1. The molecule has 4 nitrogen and oxygen atoms in total. The Kier molecular flexibility index (Phi) is 4.26. The molecule has 0 saturated heterocycles. The Morgan fingerprint density at radius 2 is 1.85 bits per heavy atom. The first-order valence-electron chi connectivity index (χ1n) is 8.27. The molecule has 1 aromatic rings. The van der Waals surface area contributed by atoms with Gasteiger partial charge in [-0.3, -0.25) is 0 Å². The van der Waals surface area contributed by atoms with Gasteiger partial charge < -0.3 is 5.73 Å². The number of fused-ring (bicyclic) bond motifs is 1. The molecule has 3 rings (SSSR count). The molecule has 0 amide bonds. The Balaban J connectivity index is 2.34. The van der Waals surface area contributed by atoms with E-state index in [0.717, 1.165) is 18.6 Å². The van der Waals surface area contributed by atoms with Crippen LogP contribution in [0.4, 0.5) is 8.78 Å². The van der Waals surface area contributed by atoms with Gasteiger partial charge in [-0.2, -0.15) is 15.8 Å². The van der Waals surface area contributed by atoms with Gasteiger partial charge in [0.25, 0.3) is 0 Å². The van der Waals surface area contributed by atoms with Crippen LogP contribution in [0.1, 0.15) is 31.2 Å². The van der Waals surface area contributed by atoms with Crippen molar-refractivity contribution in [1.29, 1.82) is 15.8 Å². The summed E-state index contributed by atoms with van der Waals surface area (Å²) in [7, 11) is 0. The topological polar surface area (TPSA) is 97.4 Å². The van der Waals surface area contributed by atoms with Gasteiger partial charge in [0.1, 0.15) is 6.07 Å². The summed E-state index contributed by atoms with van der Waals surface area (Å²) in [6.45, 7) is 2.03. The highest BCUT2D eigenvalue weighted by molar-refractivity contribution is 5.59. The number of allylic oxidation sites excluding steroid dienone is 4. The maximum Gasteiger partial charge on any atom is 0.191 e. The first kappa shape index (κ1) is 17.6. The number of hydrogen-bond acceptors (Lipinski definition) is 4. The summed E-state index contributed by atoms with van der Waals surface area (Å²) in [4.78, 5) is 0. The van der Waals surface area contributed by atoms with Gasteiger partial charge >= 0.3 is 0 Å². The molecule has 0 saturated carbocycles. The second-order valence-corrected chi connectivity index (χ2v) is 6.93. The van der Waals surface area contributed by atoms with Crippen molar-refractivity contribution < 1.29 is 8.78 Å². The molecule has 0 radical (unpaired) electrons. The number of benzene rings is 1. The smallest absolute Gasteiger partial charge is 0.191 e. The molecule has 2 N–H and O–H groups in total. The molecular formula is C20H16F2N4. The van der Waals surface area contributed by atoms with E-state index >= 15 is 0 Å². The van der Waals surface area contributed by atoms with Gasteiger partial charge in [0.2, 0.25) is 0 Å². The van der Waals surface area contributed by atoms with Crippen LogP contribution in [0.5, 0.6) is 0 Å². The zero-order valence-electron chi connectivity index (χ0n) is 14.1. The molecule has 26 heavy (non-hydrogen) atoms. The zero-order chi connectivity index (χ0) is 19.1. The van der Waals surface area contributed by atoms with Gasteiger partial charge in [0, 0.05) is 5.92 Å². The van der Waals surface area contributed by atoms with Crippen LogP contribution < -0.4 is 5.73 Å². The third-order valence-corrected chi connectivity index (χ3v) is 5.41. The molecule has 3 unspecified atom stereocenters. The van der Waals surface area contributed by atoms with E-state index in [9.17, 15) is 24.6 Å². The van der Waals surface area contributed by atoms with E-state index in [-0.39, 0.29) is 23.1 Å². The van der Waals surface area contributed by atoms with Crippen LogP contribution in [0.3, 0.4) is 0 Å². The van der Waals surface area contributed by atoms with E-state index in [4.69, 9.17) is 5.73 Å². The molecule has 2 aliphatic rings. The maximum atomic E-state index is 13.9. The average Bonchev–Trinajstić information content (AvgIpc) is 2.63. The molecule has 0 aromatic heterocycles. The lowest BCUT2D eigenvalue weighted by Gasteiger charge is -2.44. The highest BCUT2D eigenvalue weighted by atomic mass is 19.2. The fraction of sp³-hybridized carbons (Fsp3) is 0.350. The molecule has 0 spiro atoms. The Morgan fingerprint density at radius 3 is 2.42 bits per heavy atom. The summed E-state index contributed by atoms with van der Waals surface area (Å²) in [5.74, 6) is -2.90. The second-order valence-electron chi connectivity index (χ2n) is 6.93. The summed E-state index contributed by atoms with van der Waals surface area (Å²) in [5.41, 5.74) is 5.39. The summed E-state index contributed by atoms with van der Waals surface area (Å²) in [5, 5.41) is 29.3. The normalized spacial score (nSPS) is 26.8. The number of rotatable bonds is 1. The Bertz CT molecular complexity index is 941. The first-order chi connectivity index (χ1) is 12.4. The minimum absolute atomic E-state index is 0.114. The van der Waals surface area contributed by atoms with E-state index in [1.165, 1.54) is 6.07 Å². The molecule has 0 aliphatic heterocycles. The van der Waals surface area contributed by atoms with Crippen molar-refractivity contribution in [2.75, 3.05) is 0 Å². The molecule has 3 atom stereocenters. The minimum atomic E-state index is -1.81. The highest BCUT2D eigenvalue weighted by Crippen LogP contribution is 2.56. The lowest BCUT2D eigenvalue weighted by atomic mass is 9.56. The Morgan fingerprint density at radius 1 is 1.15 bits per heavy atom. The number of hydrogen-bond donors (Lipinski definition) is 1. The average molecular weight is 350 g/mol. The number of nitrogens with zero attached hydrogens (tertiary/aromatic N) is 3. The van der Waals surface area contributed by atoms with Crippen LogP contribution in [0.2, 0.25) is 0 Å². The molecule has 6 heteroatoms. The van der Waals surface area contributed by atoms with Gasteiger partial charge in [-0.05, 0) is 47.9 Å². The Hall–Kier alpha value is -3.17. The maximum absolute atomic E-state index is 13.9. The summed E-state index contributed by atoms with van der Waals surface area (Å²) in [6.07, 6.45) is 3.29. The predicted octanol–water partition coefficient (Wildman–Crippen LogP) is 3.80. The largest absolute Gasteiger partial charge is 0.399 e. The van der Waals surface area contributed by atoms with E-state index in [2.05, 4.69) is 0 Å². The van der Waals surface area contributed by atoms with Crippen LogP contribution in [0, 0.1) is 62.9 Å². The minimum Gasteiger partial charge on any atom is -0.399 e. The van der Waals surface area contributed by atoms with Crippen LogP contribution in [-0.2, 0) is 0 Å². The van der Waals surface area contributed by atoms with Crippen molar-refractivity contribution in [2.24, 2.45) is 23.0 Å². The standard InChI is InChI=1S/C20H16F2N4/c1-11-2-4-13-14(6-11)18(12-3-5-16(21)17(22)7-12)20(9-24,10-25)19(26)15(13)8-23/h3-5,7,11,14,18H,2,6,26H2,1H3. The fourth-order valence-corrected chi connectivity index (χ4v) is 4.16. The summed E-state index contributed by atoms with van der Waals surface area (Å²) >= 11 is 0. The number of halogens is 2. The third-order valence-electron chi connectivity index (χ3n) is 5.41. The molecule has 130 valence electrons. The van der Waals surface area contributed by atoms with Gasteiger partial charge in [0.15, 0.2) is 17.0 Å². The van der Waals surface area contributed by atoms with Gasteiger partial charge in [-0.1, -0.05) is 19.1 Å². The Labute approximate surface area is 150 Å². The van der Waals surface area contributed by atoms with Gasteiger partial charge in [-0.15, -0.1) is 0 Å². The van der Waals surface area contributed by atoms with Gasteiger partial charge in [0.05, 0.1) is 23.4 Å². The van der Waals surface area contributed by atoms with Crippen LogP contribution >= 0.6 is 0 Å². The van der Waals surface area contributed by atoms with Crippen molar-refractivity contribution in [3.63, 3.8) is 0 Å². The SMILES string of the molecule is CC1CC=C2C(C#N)=C(N)C(C#N)(C#N)C(c3ccc(F)c(F)c3)C2C1. The van der Waals surface area contributed by atoms with E-state index < -0.39 is 23.0 Å². The molecular weight excluding hydrogens is 334 g/mol. The quantitative estimate of drug-likeness (QED) is 0.833. The summed E-state index contributed by atoms with van der Waals surface area (Å²) < 4.78 is 27.3. The first-order valence-corrected chi connectivity index (χ1v) is 8.27. The molecule has 2 aliphatic carbocycles. The van der Waals surface area contributed by atoms with Crippen LogP contribution in [-0.4, -0.2) is 0 Å². The van der Waals surface area contributed by atoms with Crippen molar-refractivity contribution >= 4 is 0 Å². The van der Waals surface area contributed by atoms with E-state index in [1.807, 2.05) is 31.2 Å². The van der Waals surface area contributed by atoms with Crippen molar-refractivity contribution in [3.05, 3.63) is 58.3 Å². The molecule has 0 heterocycles. The predicted molar refractivity (Wildman–Crippen MR) is 89.6 cm³/mol. The lowest BCUT2D eigenvalue weighted by molar-refractivity contribution is 0.283. The van der Waals surface area contributed by atoms with E-state index in [0.29, 0.717) is 17.6 Å². The van der Waals surface area contributed by atoms with Crippen LogP contribution in [0.25, 0.3) is 0 Å². The number of nitriles is 3. The van der Waals surface area contributed by atoms with Crippen LogP contribution in [0.15, 0.2) is 41.1 Å². The molecule has 1 aromatic carbocycles. The van der Waals surface area contributed by atoms with Crippen molar-refractivity contribution in [2.45, 2.75) is 25.7 Å². The molecule has 0 fully saturated rings.